The van der Waals surface area contributed by atoms with E-state index >= 15 is 0 Å². The zero-order valence-electron chi connectivity index (χ0n) is 18.0. The Balaban J connectivity index is 1.35. The maximum absolute atomic E-state index is 13.8. The maximum Gasteiger partial charge on any atom is 0.257 e. The van der Waals surface area contributed by atoms with E-state index in [2.05, 4.69) is 10.6 Å². The molecule has 3 aromatic rings. The molecule has 2 heterocycles. The van der Waals surface area contributed by atoms with Crippen molar-refractivity contribution in [1.82, 2.24) is 15.2 Å². The number of benzene rings is 2. The van der Waals surface area contributed by atoms with Crippen LogP contribution in [0.1, 0.15) is 23.2 Å². The second-order valence-electron chi connectivity index (χ2n) is 7.78. The molecule has 0 aliphatic carbocycles. The van der Waals surface area contributed by atoms with E-state index in [1.54, 1.807) is 0 Å². The zero-order valence-corrected chi connectivity index (χ0v) is 18.8. The van der Waals surface area contributed by atoms with Crippen LogP contribution in [-0.2, 0) is 16.1 Å². The fourth-order valence-electron chi connectivity index (χ4n) is 3.83. The third-order valence-electron chi connectivity index (χ3n) is 5.49. The summed E-state index contributed by atoms with van der Waals surface area (Å²) >= 11 is 1.44. The standard InChI is InChI=1S/C24H25F2N3O3S/c25-18-7-3-8-19(26)23(18)24(31)27-10-11-29-14-21(17-6-1-2-9-20(17)29)33-15-22(30)28-13-16-5-4-12-32-16/h1-3,6-9,14,16H,4-5,10-13,15H2,(H,27,31)(H,28,30)/t16-/m0/s1. The number of carbonyl (C=O) groups is 2. The van der Waals surface area contributed by atoms with Crippen molar-refractivity contribution in [2.75, 3.05) is 25.4 Å². The van der Waals surface area contributed by atoms with E-state index in [1.807, 2.05) is 35.0 Å². The van der Waals surface area contributed by atoms with Gasteiger partial charge in [0, 0.05) is 48.2 Å². The second kappa shape index (κ2) is 10.8. The van der Waals surface area contributed by atoms with Crippen LogP contribution in [0.15, 0.2) is 53.6 Å². The summed E-state index contributed by atoms with van der Waals surface area (Å²) in [4.78, 5) is 25.4. The van der Waals surface area contributed by atoms with E-state index < -0.39 is 23.1 Å². The number of aromatic nitrogens is 1. The molecule has 9 heteroatoms. The van der Waals surface area contributed by atoms with Gasteiger partial charge < -0.3 is 19.9 Å². The van der Waals surface area contributed by atoms with Gasteiger partial charge in [0.2, 0.25) is 5.91 Å². The molecule has 1 fully saturated rings. The van der Waals surface area contributed by atoms with Gasteiger partial charge in [-0.25, -0.2) is 8.78 Å². The Kier molecular flexibility index (Phi) is 7.61. The van der Waals surface area contributed by atoms with Gasteiger partial charge in [0.25, 0.3) is 5.91 Å². The summed E-state index contributed by atoms with van der Waals surface area (Å²) in [5.74, 6) is -2.35. The number of nitrogens with one attached hydrogen (secondary N) is 2. The summed E-state index contributed by atoms with van der Waals surface area (Å²) in [6.45, 7) is 1.89. The van der Waals surface area contributed by atoms with Gasteiger partial charge in [-0.1, -0.05) is 24.3 Å². The van der Waals surface area contributed by atoms with Gasteiger partial charge in [-0.3, -0.25) is 9.59 Å². The fourth-order valence-corrected chi connectivity index (χ4v) is 4.75. The highest BCUT2D eigenvalue weighted by atomic mass is 32.2. The number of ether oxygens (including phenoxy) is 1. The number of hydrogen-bond acceptors (Lipinski definition) is 4. The number of para-hydroxylation sites is 1. The SMILES string of the molecule is O=C(CSc1cn(CCNC(=O)c2c(F)cccc2F)c2ccccc12)NC[C@@H]1CCCO1. The summed E-state index contributed by atoms with van der Waals surface area (Å²) in [5, 5.41) is 6.50. The van der Waals surface area contributed by atoms with Gasteiger partial charge in [-0.15, -0.1) is 11.8 Å². The van der Waals surface area contributed by atoms with Crippen molar-refractivity contribution in [1.29, 1.82) is 0 Å². The van der Waals surface area contributed by atoms with Crippen molar-refractivity contribution in [2.24, 2.45) is 0 Å². The van der Waals surface area contributed by atoms with Crippen molar-refractivity contribution < 1.29 is 23.1 Å². The lowest BCUT2D eigenvalue weighted by atomic mass is 10.2. The number of halogens is 2. The van der Waals surface area contributed by atoms with E-state index in [1.165, 1.54) is 17.8 Å². The van der Waals surface area contributed by atoms with Crippen molar-refractivity contribution in [2.45, 2.75) is 30.4 Å². The van der Waals surface area contributed by atoms with Gasteiger partial charge >= 0.3 is 0 Å². The summed E-state index contributed by atoms with van der Waals surface area (Å²) in [7, 11) is 0. The molecule has 1 saturated heterocycles. The third kappa shape index (κ3) is 5.72. The summed E-state index contributed by atoms with van der Waals surface area (Å²) < 4.78 is 35.1. The van der Waals surface area contributed by atoms with Gasteiger partial charge in [0.15, 0.2) is 0 Å². The van der Waals surface area contributed by atoms with Crippen LogP contribution in [0.5, 0.6) is 0 Å². The van der Waals surface area contributed by atoms with Gasteiger partial charge in [-0.2, -0.15) is 0 Å². The first-order chi connectivity index (χ1) is 16.0. The monoisotopic (exact) mass is 473 g/mol. The Morgan fingerprint density at radius 3 is 2.64 bits per heavy atom. The number of nitrogens with zero attached hydrogens (tertiary/aromatic N) is 1. The molecule has 2 N–H and O–H groups in total. The first kappa shape index (κ1) is 23.3. The molecule has 6 nitrogen and oxygen atoms in total. The molecule has 1 aliphatic heterocycles. The molecular formula is C24H25F2N3O3S. The minimum absolute atomic E-state index is 0.0495. The highest BCUT2D eigenvalue weighted by molar-refractivity contribution is 8.00. The largest absolute Gasteiger partial charge is 0.376 e. The second-order valence-corrected chi connectivity index (χ2v) is 8.80. The quantitative estimate of drug-likeness (QED) is 0.465. The van der Waals surface area contributed by atoms with E-state index in [0.717, 1.165) is 47.4 Å². The molecule has 2 amide bonds. The molecule has 0 radical (unpaired) electrons. The topological polar surface area (TPSA) is 72.4 Å². The lowest BCUT2D eigenvalue weighted by Crippen LogP contribution is -2.32. The Hall–Kier alpha value is -2.91. The van der Waals surface area contributed by atoms with Crippen LogP contribution < -0.4 is 10.6 Å². The van der Waals surface area contributed by atoms with Crippen LogP contribution in [0.2, 0.25) is 0 Å². The van der Waals surface area contributed by atoms with E-state index in [0.29, 0.717) is 13.1 Å². The molecule has 4 rings (SSSR count). The fraction of sp³-hybridized carbons (Fsp3) is 0.333. The van der Waals surface area contributed by atoms with E-state index in [-0.39, 0.29) is 24.3 Å². The molecule has 33 heavy (non-hydrogen) atoms. The van der Waals surface area contributed by atoms with Crippen molar-refractivity contribution in [3.63, 3.8) is 0 Å². The van der Waals surface area contributed by atoms with Crippen molar-refractivity contribution in [3.05, 3.63) is 65.9 Å². The van der Waals surface area contributed by atoms with E-state index in [4.69, 9.17) is 4.74 Å². The smallest absolute Gasteiger partial charge is 0.257 e. The molecule has 0 spiro atoms. The molecule has 0 bridgehead atoms. The lowest BCUT2D eigenvalue weighted by Gasteiger charge is -2.10. The zero-order chi connectivity index (χ0) is 23.2. The van der Waals surface area contributed by atoms with Crippen LogP contribution in [0, 0.1) is 11.6 Å². The third-order valence-corrected chi connectivity index (χ3v) is 6.53. The first-order valence-electron chi connectivity index (χ1n) is 10.8. The van der Waals surface area contributed by atoms with Crippen LogP contribution in [0.25, 0.3) is 10.9 Å². The van der Waals surface area contributed by atoms with Crippen molar-refractivity contribution >= 4 is 34.5 Å². The Bertz CT molecular complexity index is 1120. The lowest BCUT2D eigenvalue weighted by molar-refractivity contribution is -0.119. The predicted molar refractivity (Wildman–Crippen MR) is 123 cm³/mol. The molecule has 2 aromatic carbocycles. The average molecular weight is 474 g/mol. The molecule has 0 saturated carbocycles. The molecule has 174 valence electrons. The van der Waals surface area contributed by atoms with Crippen LogP contribution in [-0.4, -0.2) is 47.9 Å². The minimum atomic E-state index is -0.893. The minimum Gasteiger partial charge on any atom is -0.376 e. The normalized spacial score (nSPS) is 15.6. The highest BCUT2D eigenvalue weighted by Gasteiger charge is 2.18. The number of carbonyl (C=O) groups excluding carboxylic acids is 2. The number of thioether (sulfide) groups is 1. The average Bonchev–Trinajstić information content (AvgIpc) is 3.44. The Morgan fingerprint density at radius 1 is 1.09 bits per heavy atom. The molecule has 0 unspecified atom stereocenters. The van der Waals surface area contributed by atoms with Gasteiger partial charge in [0.1, 0.15) is 17.2 Å². The number of rotatable bonds is 9. The molecule has 1 atom stereocenters. The van der Waals surface area contributed by atoms with Crippen LogP contribution in [0.4, 0.5) is 8.78 Å². The first-order valence-corrected chi connectivity index (χ1v) is 11.8. The Labute approximate surface area is 194 Å². The number of fused-ring (bicyclic) bond motifs is 1. The van der Waals surface area contributed by atoms with Gasteiger partial charge in [-0.05, 0) is 31.0 Å². The summed E-state index contributed by atoms with van der Waals surface area (Å²) in [6, 6.07) is 11.1. The molecular weight excluding hydrogens is 448 g/mol. The summed E-state index contributed by atoms with van der Waals surface area (Å²) in [5.41, 5.74) is 0.367. The number of amides is 2. The Morgan fingerprint density at radius 2 is 1.88 bits per heavy atom. The summed E-state index contributed by atoms with van der Waals surface area (Å²) in [6.07, 6.45) is 4.04. The van der Waals surface area contributed by atoms with Crippen LogP contribution in [0.3, 0.4) is 0 Å². The van der Waals surface area contributed by atoms with Crippen LogP contribution >= 0.6 is 11.8 Å². The van der Waals surface area contributed by atoms with E-state index in [9.17, 15) is 18.4 Å². The molecule has 1 aromatic heterocycles. The van der Waals surface area contributed by atoms with Crippen molar-refractivity contribution in [3.8, 4) is 0 Å². The number of hydrogen-bond donors (Lipinski definition) is 2. The molecule has 1 aliphatic rings. The maximum atomic E-state index is 13.8. The highest BCUT2D eigenvalue weighted by Crippen LogP contribution is 2.30. The predicted octanol–water partition coefficient (Wildman–Crippen LogP) is 3.74. The van der Waals surface area contributed by atoms with Gasteiger partial charge in [0.05, 0.1) is 11.9 Å².